The number of hydrogen-bond donors (Lipinski definition) is 3. The van der Waals surface area contributed by atoms with Crippen molar-refractivity contribution in [1.82, 2.24) is 0 Å². The van der Waals surface area contributed by atoms with Crippen molar-refractivity contribution < 1.29 is 80.2 Å². The smallest absolute Gasteiger partial charge is 0.462 e. The Bertz CT molecular complexity index is 2360. The average molecular weight is 1480 g/mol. The normalized spacial score (nSPS) is 14.5. The van der Waals surface area contributed by atoms with Gasteiger partial charge in [-0.1, -0.05) is 310 Å². The Balaban J connectivity index is 5.43. The number of unbranched alkanes of at least 4 members (excludes halogenated alkanes) is 31. The molecule has 0 fully saturated rings. The van der Waals surface area contributed by atoms with Crippen LogP contribution in [0.1, 0.15) is 336 Å². The summed E-state index contributed by atoms with van der Waals surface area (Å²) in [6.45, 7) is 4.67. The fourth-order valence-electron chi connectivity index (χ4n) is 10.7. The molecule has 0 aliphatic heterocycles. The molecule has 0 saturated heterocycles. The second kappa shape index (κ2) is 75.0. The van der Waals surface area contributed by atoms with Crippen LogP contribution in [-0.2, 0) is 65.4 Å². The third-order valence-electron chi connectivity index (χ3n) is 16.8. The van der Waals surface area contributed by atoms with Crippen LogP contribution in [0.5, 0.6) is 0 Å². The Kier molecular flexibility index (Phi) is 71.8. The molecule has 0 aliphatic carbocycles. The van der Waals surface area contributed by atoms with Crippen molar-refractivity contribution in [3.8, 4) is 0 Å². The highest BCUT2D eigenvalue weighted by molar-refractivity contribution is 7.47. The lowest BCUT2D eigenvalue weighted by Crippen LogP contribution is -2.30. The van der Waals surface area contributed by atoms with Crippen molar-refractivity contribution >= 4 is 39.5 Å². The van der Waals surface area contributed by atoms with Gasteiger partial charge in [0.15, 0.2) is 12.2 Å². The molecule has 0 spiro atoms. The largest absolute Gasteiger partial charge is 0.472 e. The third-order valence-corrected chi connectivity index (χ3v) is 18.7. The van der Waals surface area contributed by atoms with Gasteiger partial charge in [-0.2, -0.15) is 0 Å². The summed E-state index contributed by atoms with van der Waals surface area (Å²) in [6.07, 6.45) is 80.7. The van der Waals surface area contributed by atoms with E-state index in [1.54, 1.807) is 0 Å². The minimum atomic E-state index is -5.00. The number of aliphatic hydroxyl groups excluding tert-OH is 1. The highest BCUT2D eigenvalue weighted by atomic mass is 31.2. The summed E-state index contributed by atoms with van der Waals surface area (Å²) in [5, 5.41) is 10.6. The molecule has 2 unspecified atom stereocenters. The number of rotatable bonds is 75. The second-order valence-electron chi connectivity index (χ2n) is 26.6. The molecule has 5 atom stereocenters. The molecule has 0 aromatic heterocycles. The Labute approximate surface area is 619 Å². The SMILES string of the molecule is CC/C=C\C/C=C\C/C=C\C/C=C\C/C=C\CCCCCC(=O)O[C@H](COC(=O)CCC/C=C\C/C=C\C/C=C\C/C=C\CCCCC)COP(=O)(O)OC[C@@H](O)COP(=O)(O)OC[C@@H](COC(=O)CCCCCCCCCCCCCCC)OC(=O)CCCCCCCCCCCCCCC. The van der Waals surface area contributed by atoms with Crippen LogP contribution in [0.2, 0.25) is 0 Å². The first-order chi connectivity index (χ1) is 49.7. The standard InChI is InChI=1S/C83H144O17P2/c1-5-9-13-17-21-25-29-33-35-37-38-40-42-46-50-54-58-62-66-70-83(88)100-79(74-94-81(86)68-64-60-56-52-48-45-41-39-36-34-30-26-22-18-14-10-6-2)76-98-102(91,92)96-72-77(84)71-95-101(89,90)97-75-78(99-82(87)69-65-61-57-53-49-44-32-28-24-20-16-12-8-4)73-93-80(85)67-63-59-55-51-47-43-31-27-23-19-15-11-7-3/h9,13,21-22,25-26,33-36,38,40-41,45-46,50,52,56,77-79,84H,5-8,10-12,14-20,23-24,27-32,37,39,42-44,47-49,51,53-55,57-76H2,1-4H3,(H,89,90)(H,91,92)/b13-9-,25-21-,26-22-,35-33-,36-34-,40-38-,45-41-,50-46-,56-52-/t77-,78+,79+/m0/s1. The van der Waals surface area contributed by atoms with E-state index < -0.39 is 97.5 Å². The summed E-state index contributed by atoms with van der Waals surface area (Å²) in [5.41, 5.74) is 0. The molecule has 588 valence electrons. The summed E-state index contributed by atoms with van der Waals surface area (Å²) in [4.78, 5) is 73.0. The van der Waals surface area contributed by atoms with Gasteiger partial charge in [0.2, 0.25) is 0 Å². The van der Waals surface area contributed by atoms with E-state index in [0.717, 1.165) is 122 Å². The van der Waals surface area contributed by atoms with Crippen LogP contribution in [0.15, 0.2) is 109 Å². The lowest BCUT2D eigenvalue weighted by molar-refractivity contribution is -0.161. The van der Waals surface area contributed by atoms with E-state index in [9.17, 15) is 43.2 Å². The number of phosphoric acid groups is 2. The summed E-state index contributed by atoms with van der Waals surface area (Å²) in [7, 11) is -9.97. The van der Waals surface area contributed by atoms with E-state index in [1.165, 1.54) is 128 Å². The van der Waals surface area contributed by atoms with Crippen LogP contribution in [-0.4, -0.2) is 96.7 Å². The quantitative estimate of drug-likeness (QED) is 0.0169. The molecule has 0 amide bonds. The third kappa shape index (κ3) is 74.0. The lowest BCUT2D eigenvalue weighted by atomic mass is 10.0. The predicted molar refractivity (Wildman–Crippen MR) is 418 cm³/mol. The van der Waals surface area contributed by atoms with Gasteiger partial charge in [-0.15, -0.1) is 0 Å². The molecule has 0 aliphatic rings. The van der Waals surface area contributed by atoms with E-state index in [1.807, 2.05) is 12.2 Å². The Morgan fingerprint density at radius 2 is 0.520 bits per heavy atom. The van der Waals surface area contributed by atoms with Crippen LogP contribution >= 0.6 is 15.6 Å². The minimum Gasteiger partial charge on any atom is -0.462 e. The maximum Gasteiger partial charge on any atom is 0.472 e. The zero-order valence-corrected chi connectivity index (χ0v) is 66.0. The van der Waals surface area contributed by atoms with Crippen LogP contribution < -0.4 is 0 Å². The van der Waals surface area contributed by atoms with Gasteiger partial charge in [0.05, 0.1) is 26.4 Å². The molecular formula is C83H144O17P2. The van der Waals surface area contributed by atoms with Crippen molar-refractivity contribution in [2.24, 2.45) is 0 Å². The zero-order chi connectivity index (χ0) is 74.6. The van der Waals surface area contributed by atoms with Crippen LogP contribution in [0.4, 0.5) is 0 Å². The number of carbonyl (C=O) groups is 4. The number of hydrogen-bond acceptors (Lipinski definition) is 15. The van der Waals surface area contributed by atoms with E-state index in [-0.39, 0.29) is 25.7 Å². The fourth-order valence-corrected chi connectivity index (χ4v) is 12.2. The highest BCUT2D eigenvalue weighted by Crippen LogP contribution is 2.45. The van der Waals surface area contributed by atoms with Gasteiger partial charge < -0.3 is 33.8 Å². The van der Waals surface area contributed by atoms with Crippen LogP contribution in [0.25, 0.3) is 0 Å². The maximum absolute atomic E-state index is 13.1. The molecule has 19 heteroatoms. The van der Waals surface area contributed by atoms with Gasteiger partial charge in [-0.05, 0) is 109 Å². The average Bonchev–Trinajstić information content (AvgIpc) is 0.907. The van der Waals surface area contributed by atoms with Crippen molar-refractivity contribution in [2.75, 3.05) is 39.6 Å². The number of ether oxygens (including phenoxy) is 4. The Morgan fingerprint density at radius 3 is 0.843 bits per heavy atom. The molecule has 17 nitrogen and oxygen atoms in total. The first-order valence-corrected chi connectivity index (χ1v) is 43.1. The second-order valence-corrected chi connectivity index (χ2v) is 29.5. The molecule has 0 bridgehead atoms. The van der Waals surface area contributed by atoms with Gasteiger partial charge in [-0.25, -0.2) is 9.13 Å². The van der Waals surface area contributed by atoms with Gasteiger partial charge in [-0.3, -0.25) is 37.3 Å². The van der Waals surface area contributed by atoms with E-state index in [2.05, 4.69) is 125 Å². The molecule has 0 saturated carbocycles. The maximum atomic E-state index is 13.1. The summed E-state index contributed by atoms with van der Waals surface area (Å²) in [6, 6.07) is 0. The lowest BCUT2D eigenvalue weighted by Gasteiger charge is -2.21. The monoisotopic (exact) mass is 1470 g/mol. The molecule has 0 rings (SSSR count). The molecular weight excluding hydrogens is 1330 g/mol. The molecule has 0 aromatic carbocycles. The summed E-state index contributed by atoms with van der Waals surface area (Å²) < 4.78 is 68.5. The van der Waals surface area contributed by atoms with E-state index in [4.69, 9.17) is 37.0 Å². The number of allylic oxidation sites excluding steroid dienone is 18. The van der Waals surface area contributed by atoms with Crippen LogP contribution in [0.3, 0.4) is 0 Å². The molecule has 0 aromatic rings. The first-order valence-electron chi connectivity index (χ1n) is 40.1. The van der Waals surface area contributed by atoms with E-state index in [0.29, 0.717) is 32.1 Å². The van der Waals surface area contributed by atoms with Crippen LogP contribution in [0, 0.1) is 0 Å². The number of esters is 4. The fraction of sp³-hybridized carbons (Fsp3) is 0.735. The van der Waals surface area contributed by atoms with E-state index >= 15 is 0 Å². The van der Waals surface area contributed by atoms with Crippen molar-refractivity contribution in [2.45, 2.75) is 354 Å². The zero-order valence-electron chi connectivity index (χ0n) is 64.3. The molecule has 3 N–H and O–H groups in total. The van der Waals surface area contributed by atoms with Gasteiger partial charge >= 0.3 is 39.5 Å². The summed E-state index contributed by atoms with van der Waals surface area (Å²) >= 11 is 0. The highest BCUT2D eigenvalue weighted by Gasteiger charge is 2.30. The Morgan fingerprint density at radius 1 is 0.284 bits per heavy atom. The molecule has 0 radical (unpaired) electrons. The number of aliphatic hydroxyl groups is 1. The minimum absolute atomic E-state index is 0.0431. The molecule has 0 heterocycles. The van der Waals surface area contributed by atoms with Crippen molar-refractivity contribution in [3.63, 3.8) is 0 Å². The van der Waals surface area contributed by atoms with Gasteiger partial charge in [0, 0.05) is 25.7 Å². The van der Waals surface area contributed by atoms with Crippen molar-refractivity contribution in [1.29, 1.82) is 0 Å². The summed E-state index contributed by atoms with van der Waals surface area (Å²) in [5.74, 6) is -2.26. The molecule has 102 heavy (non-hydrogen) atoms. The van der Waals surface area contributed by atoms with Crippen molar-refractivity contribution in [3.05, 3.63) is 109 Å². The Hall–Kier alpha value is -4.28. The number of carbonyl (C=O) groups excluding carboxylic acids is 4. The van der Waals surface area contributed by atoms with Gasteiger partial charge in [0.25, 0.3) is 0 Å². The van der Waals surface area contributed by atoms with Gasteiger partial charge in [0.1, 0.15) is 19.3 Å². The first kappa shape index (κ1) is 97.7. The number of phosphoric ester groups is 2. The topological polar surface area (TPSA) is 237 Å². The predicted octanol–water partition coefficient (Wildman–Crippen LogP) is 23.3.